The first-order valence-corrected chi connectivity index (χ1v) is 9.27. The number of rotatable bonds is 0. The van der Waals surface area contributed by atoms with E-state index in [0.29, 0.717) is 17.6 Å². The number of Topliss-reactive ketones (excluding diaryl/α,β-unsaturated/α-hetero) is 1. The summed E-state index contributed by atoms with van der Waals surface area (Å²) in [6.07, 6.45) is 9.95. The Kier molecular flexibility index (Phi) is 3.18. The van der Waals surface area contributed by atoms with Crippen LogP contribution in [-0.4, -0.2) is 17.0 Å². The standard InChI is InChI=1S/C20H30O2/c1-19(2)15-6-4-14-12(13(15)5-8-17(19)21)10-11-20(3)16(14)7-9-18(20)22/h6,12-14,16,18,22H,4-5,7-11H2,1-3H3/t12-,13+,14-,16+,18+,20+/m1/s1. The summed E-state index contributed by atoms with van der Waals surface area (Å²) in [5.41, 5.74) is 1.38. The van der Waals surface area contributed by atoms with Crippen LogP contribution in [0.5, 0.6) is 0 Å². The van der Waals surface area contributed by atoms with Crippen molar-refractivity contribution in [2.75, 3.05) is 0 Å². The van der Waals surface area contributed by atoms with E-state index in [1.807, 2.05) is 0 Å². The monoisotopic (exact) mass is 302 g/mol. The second-order valence-corrected chi connectivity index (χ2v) is 9.16. The van der Waals surface area contributed by atoms with Crippen LogP contribution < -0.4 is 0 Å². The first-order valence-electron chi connectivity index (χ1n) is 9.27. The van der Waals surface area contributed by atoms with Gasteiger partial charge in [0, 0.05) is 11.8 Å². The van der Waals surface area contributed by atoms with Crippen LogP contribution in [-0.2, 0) is 4.79 Å². The van der Waals surface area contributed by atoms with Crippen molar-refractivity contribution in [1.82, 2.24) is 0 Å². The van der Waals surface area contributed by atoms with Gasteiger partial charge in [0.2, 0.25) is 0 Å². The van der Waals surface area contributed by atoms with Crippen LogP contribution in [0.4, 0.5) is 0 Å². The van der Waals surface area contributed by atoms with Crippen molar-refractivity contribution in [3.8, 4) is 0 Å². The Hall–Kier alpha value is -0.630. The van der Waals surface area contributed by atoms with Crippen molar-refractivity contribution >= 4 is 5.78 Å². The van der Waals surface area contributed by atoms with Gasteiger partial charge in [0.1, 0.15) is 5.78 Å². The van der Waals surface area contributed by atoms with Crippen LogP contribution in [0, 0.1) is 34.5 Å². The van der Waals surface area contributed by atoms with Crippen LogP contribution in [0.2, 0.25) is 0 Å². The normalized spacial score (nSPS) is 49.9. The number of carbonyl (C=O) groups is 1. The Balaban J connectivity index is 1.68. The molecule has 0 saturated heterocycles. The summed E-state index contributed by atoms with van der Waals surface area (Å²) in [4.78, 5) is 12.3. The number of allylic oxidation sites excluding steroid dienone is 2. The Bertz CT molecular complexity index is 532. The molecule has 2 heteroatoms. The largest absolute Gasteiger partial charge is 0.393 e. The van der Waals surface area contributed by atoms with Gasteiger partial charge in [-0.15, -0.1) is 0 Å². The quantitative estimate of drug-likeness (QED) is 0.683. The Labute approximate surface area is 134 Å². The smallest absolute Gasteiger partial charge is 0.142 e. The molecule has 3 saturated carbocycles. The highest BCUT2D eigenvalue weighted by Gasteiger charge is 2.57. The molecule has 4 aliphatic rings. The maximum Gasteiger partial charge on any atom is 0.142 e. The first kappa shape index (κ1) is 14.9. The molecule has 2 nitrogen and oxygen atoms in total. The molecule has 0 aliphatic heterocycles. The number of aliphatic hydroxyl groups is 1. The summed E-state index contributed by atoms with van der Waals surface area (Å²) in [7, 11) is 0. The van der Waals surface area contributed by atoms with E-state index in [-0.39, 0.29) is 16.9 Å². The third-order valence-corrected chi connectivity index (χ3v) is 8.07. The molecule has 4 aliphatic carbocycles. The van der Waals surface area contributed by atoms with E-state index in [0.717, 1.165) is 37.5 Å². The second-order valence-electron chi connectivity index (χ2n) is 9.16. The van der Waals surface area contributed by atoms with Crippen molar-refractivity contribution in [1.29, 1.82) is 0 Å². The molecule has 0 aromatic carbocycles. The van der Waals surface area contributed by atoms with Gasteiger partial charge in [0.25, 0.3) is 0 Å². The van der Waals surface area contributed by atoms with Crippen molar-refractivity contribution < 1.29 is 9.90 Å². The second kappa shape index (κ2) is 4.69. The summed E-state index contributed by atoms with van der Waals surface area (Å²) in [6.45, 7) is 6.61. The number of carbonyl (C=O) groups excluding carboxylic acids is 1. The van der Waals surface area contributed by atoms with Gasteiger partial charge in [-0.05, 0) is 81.5 Å². The molecule has 22 heavy (non-hydrogen) atoms. The highest BCUT2D eigenvalue weighted by atomic mass is 16.3. The van der Waals surface area contributed by atoms with Gasteiger partial charge in [-0.25, -0.2) is 0 Å². The molecule has 0 aromatic heterocycles. The van der Waals surface area contributed by atoms with Gasteiger partial charge in [0.15, 0.2) is 0 Å². The van der Waals surface area contributed by atoms with Gasteiger partial charge < -0.3 is 5.11 Å². The molecule has 3 fully saturated rings. The highest BCUT2D eigenvalue weighted by molar-refractivity contribution is 5.88. The zero-order valence-electron chi connectivity index (χ0n) is 14.3. The van der Waals surface area contributed by atoms with Crippen LogP contribution in [0.25, 0.3) is 0 Å². The molecule has 0 aromatic rings. The van der Waals surface area contributed by atoms with E-state index < -0.39 is 0 Å². The minimum Gasteiger partial charge on any atom is -0.393 e. The van der Waals surface area contributed by atoms with Gasteiger partial charge in [-0.3, -0.25) is 4.79 Å². The van der Waals surface area contributed by atoms with E-state index in [1.165, 1.54) is 24.8 Å². The average Bonchev–Trinajstić information content (AvgIpc) is 2.79. The number of hydrogen-bond donors (Lipinski definition) is 1. The van der Waals surface area contributed by atoms with E-state index in [4.69, 9.17) is 0 Å². The molecule has 0 spiro atoms. The Morgan fingerprint density at radius 1 is 1.09 bits per heavy atom. The summed E-state index contributed by atoms with van der Waals surface area (Å²) in [5.74, 6) is 3.27. The zero-order valence-corrected chi connectivity index (χ0v) is 14.3. The van der Waals surface area contributed by atoms with Crippen molar-refractivity contribution in [3.63, 3.8) is 0 Å². The molecule has 0 bridgehead atoms. The van der Waals surface area contributed by atoms with Crippen LogP contribution in [0.3, 0.4) is 0 Å². The Morgan fingerprint density at radius 2 is 1.86 bits per heavy atom. The molecular weight excluding hydrogens is 272 g/mol. The SMILES string of the molecule is CC1(C)C(=O)CC[C@@H]2C1=CC[C@@H]1[C@@H]2CC[C@]2(C)[C@@H](O)CC[C@@H]12. The fraction of sp³-hybridized carbons (Fsp3) is 0.850. The van der Waals surface area contributed by atoms with E-state index in [2.05, 4.69) is 26.8 Å². The number of fused-ring (bicyclic) bond motifs is 5. The van der Waals surface area contributed by atoms with Gasteiger partial charge in [0.05, 0.1) is 6.10 Å². The molecule has 6 atom stereocenters. The maximum absolute atomic E-state index is 12.3. The summed E-state index contributed by atoms with van der Waals surface area (Å²) < 4.78 is 0. The van der Waals surface area contributed by atoms with Crippen LogP contribution in [0.15, 0.2) is 11.6 Å². The minimum absolute atomic E-state index is 0.0896. The summed E-state index contributed by atoms with van der Waals surface area (Å²) >= 11 is 0. The van der Waals surface area contributed by atoms with E-state index in [9.17, 15) is 9.90 Å². The van der Waals surface area contributed by atoms with Crippen molar-refractivity contribution in [3.05, 3.63) is 11.6 Å². The van der Waals surface area contributed by atoms with E-state index >= 15 is 0 Å². The summed E-state index contributed by atoms with van der Waals surface area (Å²) in [5, 5.41) is 10.5. The molecule has 1 N–H and O–H groups in total. The first-order chi connectivity index (χ1) is 10.4. The van der Waals surface area contributed by atoms with Gasteiger partial charge >= 0.3 is 0 Å². The topological polar surface area (TPSA) is 37.3 Å². The fourth-order valence-corrected chi connectivity index (χ4v) is 6.62. The fourth-order valence-electron chi connectivity index (χ4n) is 6.62. The third-order valence-electron chi connectivity index (χ3n) is 8.07. The van der Waals surface area contributed by atoms with Gasteiger partial charge in [-0.1, -0.05) is 18.6 Å². The molecular formula is C20H30O2. The van der Waals surface area contributed by atoms with Gasteiger partial charge in [-0.2, -0.15) is 0 Å². The predicted molar refractivity (Wildman–Crippen MR) is 87.3 cm³/mol. The lowest BCUT2D eigenvalue weighted by Crippen LogP contribution is -2.49. The van der Waals surface area contributed by atoms with Crippen LogP contribution >= 0.6 is 0 Å². The highest BCUT2D eigenvalue weighted by Crippen LogP contribution is 2.62. The molecule has 0 amide bonds. The lowest BCUT2D eigenvalue weighted by molar-refractivity contribution is -0.129. The summed E-state index contributed by atoms with van der Waals surface area (Å²) in [6, 6.07) is 0. The molecule has 0 unspecified atom stereocenters. The zero-order chi connectivity index (χ0) is 15.7. The average molecular weight is 302 g/mol. The number of aliphatic hydroxyl groups excluding tert-OH is 1. The lowest BCUT2D eigenvalue weighted by atomic mass is 9.50. The maximum atomic E-state index is 12.3. The molecule has 122 valence electrons. The minimum atomic E-state index is -0.232. The number of hydrogen-bond acceptors (Lipinski definition) is 2. The van der Waals surface area contributed by atoms with Crippen LogP contribution in [0.1, 0.15) is 65.7 Å². The predicted octanol–water partition coefficient (Wildman–Crippen LogP) is 4.13. The van der Waals surface area contributed by atoms with Crippen molar-refractivity contribution in [2.24, 2.45) is 34.5 Å². The van der Waals surface area contributed by atoms with E-state index in [1.54, 1.807) is 0 Å². The molecule has 4 rings (SSSR count). The molecule has 0 heterocycles. The number of ketones is 1. The third kappa shape index (κ3) is 1.79. The molecule has 0 radical (unpaired) electrons. The van der Waals surface area contributed by atoms with Crippen molar-refractivity contribution in [2.45, 2.75) is 71.8 Å². The lowest BCUT2D eigenvalue weighted by Gasteiger charge is -2.54. The Morgan fingerprint density at radius 3 is 2.64 bits per heavy atom.